The minimum absolute atomic E-state index is 0.172. The van der Waals surface area contributed by atoms with Crippen LogP contribution in [0.25, 0.3) is 0 Å². The van der Waals surface area contributed by atoms with E-state index in [4.69, 9.17) is 9.84 Å². The minimum atomic E-state index is -0.986. The van der Waals surface area contributed by atoms with Crippen LogP contribution in [-0.2, 0) is 0 Å². The number of hydrogen-bond acceptors (Lipinski definition) is 2. The van der Waals surface area contributed by atoms with Gasteiger partial charge in [-0.3, -0.25) is 0 Å². The molecule has 0 fully saturated rings. The van der Waals surface area contributed by atoms with Crippen molar-refractivity contribution in [2.45, 2.75) is 13.8 Å². The SMILES string of the molecule is CC(C)=CCOc1cc(Br)ccc1C(=O)O. The van der Waals surface area contributed by atoms with Gasteiger partial charge in [0.15, 0.2) is 0 Å². The summed E-state index contributed by atoms with van der Waals surface area (Å²) in [4.78, 5) is 10.9. The highest BCUT2D eigenvalue weighted by molar-refractivity contribution is 9.10. The van der Waals surface area contributed by atoms with E-state index in [0.29, 0.717) is 12.4 Å². The van der Waals surface area contributed by atoms with E-state index in [1.54, 1.807) is 12.1 Å². The van der Waals surface area contributed by atoms with Gasteiger partial charge in [0.25, 0.3) is 0 Å². The van der Waals surface area contributed by atoms with Gasteiger partial charge in [-0.15, -0.1) is 0 Å². The fraction of sp³-hybridized carbons (Fsp3) is 0.250. The molecule has 0 atom stereocenters. The molecular formula is C12H13BrO3. The molecule has 16 heavy (non-hydrogen) atoms. The molecule has 0 spiro atoms. The van der Waals surface area contributed by atoms with Crippen LogP contribution in [0.3, 0.4) is 0 Å². The number of rotatable bonds is 4. The molecule has 0 saturated carbocycles. The fourth-order valence-corrected chi connectivity index (χ4v) is 1.43. The number of hydrogen-bond donors (Lipinski definition) is 1. The molecule has 0 aliphatic heterocycles. The van der Waals surface area contributed by atoms with Crippen LogP contribution in [0.5, 0.6) is 5.75 Å². The highest BCUT2D eigenvalue weighted by Gasteiger charge is 2.10. The normalized spacial score (nSPS) is 9.69. The van der Waals surface area contributed by atoms with Crippen LogP contribution in [0.4, 0.5) is 0 Å². The Labute approximate surface area is 103 Å². The highest BCUT2D eigenvalue weighted by atomic mass is 79.9. The van der Waals surface area contributed by atoms with Crippen molar-refractivity contribution in [2.75, 3.05) is 6.61 Å². The molecule has 1 aromatic rings. The summed E-state index contributed by atoms with van der Waals surface area (Å²) in [5.74, 6) is -0.612. The lowest BCUT2D eigenvalue weighted by Crippen LogP contribution is -2.03. The second-order valence-corrected chi connectivity index (χ2v) is 4.45. The van der Waals surface area contributed by atoms with Crippen molar-refractivity contribution >= 4 is 21.9 Å². The van der Waals surface area contributed by atoms with Gasteiger partial charge in [0, 0.05) is 4.47 Å². The van der Waals surface area contributed by atoms with Gasteiger partial charge in [0.05, 0.1) is 0 Å². The molecule has 86 valence electrons. The third-order valence-corrected chi connectivity index (χ3v) is 2.40. The van der Waals surface area contributed by atoms with Gasteiger partial charge in [0.2, 0.25) is 0 Å². The van der Waals surface area contributed by atoms with Crippen LogP contribution < -0.4 is 4.74 Å². The Morgan fingerprint density at radius 1 is 1.50 bits per heavy atom. The molecule has 0 aliphatic carbocycles. The third-order valence-electron chi connectivity index (χ3n) is 1.90. The van der Waals surface area contributed by atoms with Gasteiger partial charge in [-0.1, -0.05) is 21.5 Å². The van der Waals surface area contributed by atoms with Gasteiger partial charge in [-0.2, -0.15) is 0 Å². The summed E-state index contributed by atoms with van der Waals surface area (Å²) in [6.45, 7) is 4.30. The minimum Gasteiger partial charge on any atom is -0.489 e. The Morgan fingerprint density at radius 3 is 2.75 bits per heavy atom. The maximum atomic E-state index is 10.9. The fourth-order valence-electron chi connectivity index (χ4n) is 1.09. The largest absolute Gasteiger partial charge is 0.489 e. The number of allylic oxidation sites excluding steroid dienone is 1. The summed E-state index contributed by atoms with van der Waals surface area (Å²) in [7, 11) is 0. The summed E-state index contributed by atoms with van der Waals surface area (Å²) in [5, 5.41) is 8.95. The zero-order valence-electron chi connectivity index (χ0n) is 9.16. The van der Waals surface area contributed by atoms with Gasteiger partial charge in [0.1, 0.15) is 17.9 Å². The second kappa shape index (κ2) is 5.70. The first kappa shape index (κ1) is 12.8. The average molecular weight is 285 g/mol. The lowest BCUT2D eigenvalue weighted by molar-refractivity contribution is 0.0693. The van der Waals surface area contributed by atoms with Gasteiger partial charge >= 0.3 is 5.97 Å². The Hall–Kier alpha value is -1.29. The van der Waals surface area contributed by atoms with E-state index >= 15 is 0 Å². The van der Waals surface area contributed by atoms with Gasteiger partial charge < -0.3 is 9.84 Å². The second-order valence-electron chi connectivity index (χ2n) is 3.54. The van der Waals surface area contributed by atoms with Crippen LogP contribution >= 0.6 is 15.9 Å². The van der Waals surface area contributed by atoms with Crippen LogP contribution in [0.15, 0.2) is 34.3 Å². The summed E-state index contributed by atoms with van der Waals surface area (Å²) in [6, 6.07) is 4.85. The van der Waals surface area contributed by atoms with Crippen LogP contribution in [0.2, 0.25) is 0 Å². The van der Waals surface area contributed by atoms with Crippen molar-refractivity contribution in [3.8, 4) is 5.75 Å². The Bertz CT molecular complexity index is 420. The Balaban J connectivity index is 2.88. The molecule has 0 unspecified atom stereocenters. The molecular weight excluding hydrogens is 272 g/mol. The zero-order chi connectivity index (χ0) is 12.1. The van der Waals surface area contributed by atoms with E-state index < -0.39 is 5.97 Å². The maximum absolute atomic E-state index is 10.9. The summed E-state index contributed by atoms with van der Waals surface area (Å²) in [5.41, 5.74) is 1.30. The van der Waals surface area contributed by atoms with Gasteiger partial charge in [-0.05, 0) is 38.1 Å². The molecule has 0 aliphatic rings. The number of halogens is 1. The standard InChI is InChI=1S/C12H13BrO3/c1-8(2)5-6-16-11-7-9(13)3-4-10(11)12(14)15/h3-5,7H,6H2,1-2H3,(H,14,15). The number of benzene rings is 1. The Kier molecular flexibility index (Phi) is 4.55. The van der Waals surface area contributed by atoms with Crippen LogP contribution in [0.1, 0.15) is 24.2 Å². The molecule has 0 aromatic heterocycles. The van der Waals surface area contributed by atoms with E-state index in [1.807, 2.05) is 19.9 Å². The van der Waals surface area contributed by atoms with Gasteiger partial charge in [-0.25, -0.2) is 4.79 Å². The van der Waals surface area contributed by atoms with Crippen molar-refractivity contribution < 1.29 is 14.6 Å². The quantitative estimate of drug-likeness (QED) is 0.861. The molecule has 4 heteroatoms. The van der Waals surface area contributed by atoms with E-state index in [1.165, 1.54) is 6.07 Å². The Morgan fingerprint density at radius 2 is 2.19 bits per heavy atom. The van der Waals surface area contributed by atoms with E-state index in [9.17, 15) is 4.79 Å². The van der Waals surface area contributed by atoms with Crippen molar-refractivity contribution in [2.24, 2.45) is 0 Å². The molecule has 0 bridgehead atoms. The van der Waals surface area contributed by atoms with Crippen molar-refractivity contribution in [3.63, 3.8) is 0 Å². The monoisotopic (exact) mass is 284 g/mol. The predicted molar refractivity (Wildman–Crippen MR) is 66.0 cm³/mol. The molecule has 1 rings (SSSR count). The average Bonchev–Trinajstić information content (AvgIpc) is 2.16. The first-order valence-corrected chi connectivity index (χ1v) is 5.59. The van der Waals surface area contributed by atoms with Crippen molar-refractivity contribution in [1.29, 1.82) is 0 Å². The number of carbonyl (C=O) groups is 1. The van der Waals surface area contributed by atoms with Crippen molar-refractivity contribution in [1.82, 2.24) is 0 Å². The summed E-state index contributed by atoms with van der Waals surface area (Å²) >= 11 is 3.28. The molecule has 0 radical (unpaired) electrons. The first-order chi connectivity index (χ1) is 7.50. The molecule has 0 amide bonds. The zero-order valence-corrected chi connectivity index (χ0v) is 10.7. The molecule has 1 aromatic carbocycles. The maximum Gasteiger partial charge on any atom is 0.339 e. The highest BCUT2D eigenvalue weighted by Crippen LogP contribution is 2.23. The van der Waals surface area contributed by atoms with Crippen LogP contribution in [0, 0.1) is 0 Å². The van der Waals surface area contributed by atoms with Crippen LogP contribution in [-0.4, -0.2) is 17.7 Å². The third kappa shape index (κ3) is 3.70. The molecule has 0 heterocycles. The van der Waals surface area contributed by atoms with Crippen molar-refractivity contribution in [3.05, 3.63) is 39.9 Å². The number of carboxylic acids is 1. The number of carboxylic acid groups (broad SMARTS) is 1. The van der Waals surface area contributed by atoms with E-state index in [0.717, 1.165) is 10.0 Å². The number of ether oxygens (including phenoxy) is 1. The summed E-state index contributed by atoms with van der Waals surface area (Å²) in [6.07, 6.45) is 1.90. The van der Waals surface area contributed by atoms with E-state index in [-0.39, 0.29) is 5.56 Å². The lowest BCUT2D eigenvalue weighted by atomic mass is 10.2. The number of aromatic carboxylic acids is 1. The first-order valence-electron chi connectivity index (χ1n) is 4.79. The molecule has 1 N–H and O–H groups in total. The smallest absolute Gasteiger partial charge is 0.339 e. The predicted octanol–water partition coefficient (Wildman–Crippen LogP) is 3.49. The topological polar surface area (TPSA) is 46.5 Å². The lowest BCUT2D eigenvalue weighted by Gasteiger charge is -2.07. The van der Waals surface area contributed by atoms with E-state index in [2.05, 4.69) is 15.9 Å². The molecule has 3 nitrogen and oxygen atoms in total. The molecule has 0 saturated heterocycles. The summed E-state index contributed by atoms with van der Waals surface area (Å²) < 4.78 is 6.20.